The van der Waals surface area contributed by atoms with Gasteiger partial charge in [0.1, 0.15) is 0 Å². The molecule has 4 fully saturated rings. The summed E-state index contributed by atoms with van der Waals surface area (Å²) in [5.74, 6) is -0.302. The van der Waals surface area contributed by atoms with Crippen LogP contribution in [0.2, 0.25) is 0 Å². The lowest BCUT2D eigenvalue weighted by Gasteiger charge is -2.44. The maximum absolute atomic E-state index is 14.2. The monoisotopic (exact) mass is 369 g/mol. The lowest BCUT2D eigenvalue weighted by Crippen LogP contribution is -2.59. The molecule has 0 aromatic carbocycles. The van der Waals surface area contributed by atoms with E-state index in [1.807, 2.05) is 0 Å². The molecule has 4 aliphatic rings. The van der Waals surface area contributed by atoms with Gasteiger partial charge in [0.15, 0.2) is 0 Å². The van der Waals surface area contributed by atoms with Gasteiger partial charge in [-0.2, -0.15) is 0 Å². The summed E-state index contributed by atoms with van der Waals surface area (Å²) in [7, 11) is 2.29. The summed E-state index contributed by atoms with van der Waals surface area (Å²) in [6.07, 6.45) is 10.6. The highest BCUT2D eigenvalue weighted by Crippen LogP contribution is 2.41. The smallest absolute Gasteiger partial charge is 0.264 e. The van der Waals surface area contributed by atoms with Crippen LogP contribution < -0.4 is 5.73 Å². The Kier molecular flexibility index (Phi) is 5.60. The lowest BCUT2D eigenvalue weighted by molar-refractivity contribution is -0.0847. The average molecular weight is 370 g/mol. The highest BCUT2D eigenvalue weighted by Gasteiger charge is 2.48. The van der Waals surface area contributed by atoms with Gasteiger partial charge in [0.2, 0.25) is 0 Å². The van der Waals surface area contributed by atoms with Crippen LogP contribution in [0.4, 0.5) is 8.78 Å². The van der Waals surface area contributed by atoms with Crippen LogP contribution in [-0.4, -0.2) is 60.5 Å². The number of hydrogen-bond acceptors (Lipinski definition) is 3. The molecule has 3 saturated carbocycles. The van der Waals surface area contributed by atoms with Crippen LogP contribution in [0.3, 0.4) is 0 Å². The van der Waals surface area contributed by atoms with Crippen molar-refractivity contribution in [1.29, 1.82) is 0 Å². The van der Waals surface area contributed by atoms with Gasteiger partial charge in [-0.05, 0) is 69.9 Å². The molecule has 3 nitrogen and oxygen atoms in total. The van der Waals surface area contributed by atoms with Gasteiger partial charge >= 0.3 is 0 Å². The molecule has 0 bridgehead atoms. The van der Waals surface area contributed by atoms with Crippen molar-refractivity contribution >= 4 is 0 Å². The summed E-state index contributed by atoms with van der Waals surface area (Å²) in [5.41, 5.74) is 6.07. The largest absolute Gasteiger partial charge is 0.321 e. The molecule has 150 valence electrons. The van der Waals surface area contributed by atoms with Gasteiger partial charge in [-0.25, -0.2) is 8.78 Å². The fourth-order valence-electron chi connectivity index (χ4n) is 5.64. The molecule has 4 rings (SSSR count). The van der Waals surface area contributed by atoms with Gasteiger partial charge in [-0.15, -0.1) is 0 Å². The predicted octanol–water partition coefficient (Wildman–Crippen LogP) is 3.72. The molecule has 26 heavy (non-hydrogen) atoms. The molecule has 4 atom stereocenters. The van der Waals surface area contributed by atoms with Crippen molar-refractivity contribution in [3.05, 3.63) is 0 Å². The van der Waals surface area contributed by atoms with E-state index in [0.29, 0.717) is 18.4 Å². The second-order valence-corrected chi connectivity index (χ2v) is 9.75. The first-order valence-corrected chi connectivity index (χ1v) is 11.0. The standard InChI is InChI=1S/C21H37F2N3/c1-25(13-15-7-8-15)18-9-11-26(14-17(12-18)16-4-2-5-16)19-6-3-10-21(22,23)20(19)24/h15-20H,2-14,24H2,1H3/t17?,18-,19-,20+/m0/s1. The minimum Gasteiger partial charge on any atom is -0.321 e. The maximum atomic E-state index is 14.2. The van der Waals surface area contributed by atoms with E-state index in [2.05, 4.69) is 16.8 Å². The van der Waals surface area contributed by atoms with E-state index in [0.717, 1.165) is 37.8 Å². The Morgan fingerprint density at radius 1 is 1.04 bits per heavy atom. The molecule has 3 aliphatic carbocycles. The van der Waals surface area contributed by atoms with Crippen LogP contribution >= 0.6 is 0 Å². The third kappa shape index (κ3) is 4.10. The van der Waals surface area contributed by atoms with Crippen molar-refractivity contribution in [2.24, 2.45) is 23.5 Å². The summed E-state index contributed by atoms with van der Waals surface area (Å²) >= 11 is 0. The molecule has 1 aliphatic heterocycles. The first kappa shape index (κ1) is 19.1. The zero-order valence-corrected chi connectivity index (χ0v) is 16.4. The van der Waals surface area contributed by atoms with Crippen LogP contribution in [0.5, 0.6) is 0 Å². The highest BCUT2D eigenvalue weighted by atomic mass is 19.3. The van der Waals surface area contributed by atoms with Crippen molar-refractivity contribution in [2.75, 3.05) is 26.7 Å². The van der Waals surface area contributed by atoms with Crippen molar-refractivity contribution in [3.63, 3.8) is 0 Å². The molecule has 5 heteroatoms. The summed E-state index contributed by atoms with van der Waals surface area (Å²) < 4.78 is 28.5. The van der Waals surface area contributed by atoms with Crippen molar-refractivity contribution < 1.29 is 8.78 Å². The van der Waals surface area contributed by atoms with Gasteiger partial charge in [0.05, 0.1) is 6.04 Å². The molecule has 0 spiro atoms. The minimum atomic E-state index is -2.69. The Morgan fingerprint density at radius 3 is 2.46 bits per heavy atom. The van der Waals surface area contributed by atoms with Crippen molar-refractivity contribution in [1.82, 2.24) is 9.80 Å². The molecule has 1 unspecified atom stereocenters. The van der Waals surface area contributed by atoms with Crippen LogP contribution in [0.1, 0.15) is 64.2 Å². The average Bonchev–Trinajstić information content (AvgIpc) is 3.35. The Bertz CT molecular complexity index is 478. The zero-order valence-electron chi connectivity index (χ0n) is 16.4. The fourth-order valence-corrected chi connectivity index (χ4v) is 5.64. The van der Waals surface area contributed by atoms with Crippen LogP contribution in [0.25, 0.3) is 0 Å². The van der Waals surface area contributed by atoms with Gasteiger partial charge in [0, 0.05) is 31.6 Å². The lowest BCUT2D eigenvalue weighted by atomic mass is 9.73. The van der Waals surface area contributed by atoms with Gasteiger partial charge in [-0.3, -0.25) is 4.90 Å². The third-order valence-corrected chi connectivity index (χ3v) is 7.86. The van der Waals surface area contributed by atoms with Crippen molar-refractivity contribution in [3.8, 4) is 0 Å². The van der Waals surface area contributed by atoms with Crippen LogP contribution in [0, 0.1) is 17.8 Å². The highest BCUT2D eigenvalue weighted by molar-refractivity contribution is 4.99. The molecule has 0 radical (unpaired) electrons. The quantitative estimate of drug-likeness (QED) is 0.802. The summed E-state index contributed by atoms with van der Waals surface area (Å²) in [5, 5.41) is 0. The van der Waals surface area contributed by atoms with E-state index in [9.17, 15) is 8.78 Å². The molecule has 0 aromatic heterocycles. The number of rotatable bonds is 5. The Labute approximate surface area is 157 Å². The number of hydrogen-bond donors (Lipinski definition) is 1. The molecule has 0 aromatic rings. The molecule has 0 amide bonds. The number of likely N-dealkylation sites (tertiary alicyclic amines) is 1. The van der Waals surface area contributed by atoms with Crippen LogP contribution in [0.15, 0.2) is 0 Å². The van der Waals surface area contributed by atoms with E-state index < -0.39 is 12.0 Å². The maximum Gasteiger partial charge on any atom is 0.264 e. The molecule has 1 heterocycles. The Hall–Kier alpha value is -0.260. The normalized spacial score (nSPS) is 39.6. The van der Waals surface area contributed by atoms with Crippen molar-refractivity contribution in [2.45, 2.75) is 88.3 Å². The molecular formula is C21H37F2N3. The number of nitrogens with two attached hydrogens (primary N) is 1. The first-order chi connectivity index (χ1) is 12.4. The van der Waals surface area contributed by atoms with E-state index in [-0.39, 0.29) is 12.5 Å². The molecule has 2 N–H and O–H groups in total. The fraction of sp³-hybridized carbons (Fsp3) is 1.00. The third-order valence-electron chi connectivity index (χ3n) is 7.86. The van der Waals surface area contributed by atoms with E-state index in [1.165, 1.54) is 45.1 Å². The number of alkyl halides is 2. The second-order valence-electron chi connectivity index (χ2n) is 9.75. The van der Waals surface area contributed by atoms with E-state index in [1.54, 1.807) is 0 Å². The summed E-state index contributed by atoms with van der Waals surface area (Å²) in [4.78, 5) is 4.97. The van der Waals surface area contributed by atoms with Crippen LogP contribution in [-0.2, 0) is 0 Å². The van der Waals surface area contributed by atoms with E-state index >= 15 is 0 Å². The Balaban J connectivity index is 1.45. The molecule has 1 saturated heterocycles. The number of halogens is 2. The second kappa shape index (κ2) is 7.63. The summed E-state index contributed by atoms with van der Waals surface area (Å²) in [6, 6.07) is -0.501. The SMILES string of the molecule is CN(CC1CC1)[C@H]1CCN([C@H]2CCCC(F)(F)[C@@H]2N)CC(C2CCC2)C1. The first-order valence-electron chi connectivity index (χ1n) is 11.0. The molecular weight excluding hydrogens is 332 g/mol. The van der Waals surface area contributed by atoms with Gasteiger partial charge in [-0.1, -0.05) is 19.3 Å². The number of nitrogens with zero attached hydrogens (tertiary/aromatic N) is 2. The van der Waals surface area contributed by atoms with E-state index in [4.69, 9.17) is 5.73 Å². The Morgan fingerprint density at radius 2 is 1.81 bits per heavy atom. The predicted molar refractivity (Wildman–Crippen MR) is 101 cm³/mol. The zero-order chi connectivity index (χ0) is 18.3. The van der Waals surface area contributed by atoms with Gasteiger partial charge in [0.25, 0.3) is 5.92 Å². The van der Waals surface area contributed by atoms with Gasteiger partial charge < -0.3 is 10.6 Å². The topological polar surface area (TPSA) is 32.5 Å². The minimum absolute atomic E-state index is 0.0304. The summed E-state index contributed by atoms with van der Waals surface area (Å²) in [6.45, 7) is 3.16.